The molecule has 0 radical (unpaired) electrons. The number of fused-ring (bicyclic) bond motifs is 2. The van der Waals surface area contributed by atoms with Gasteiger partial charge in [0, 0.05) is 62.1 Å². The molecule has 164 valence electrons. The number of aromatic nitrogens is 3. The number of thiophene rings is 1. The normalized spacial score (nSPS) is 14.3. The Labute approximate surface area is 195 Å². The topological polar surface area (TPSA) is 53.7 Å². The quantitative estimate of drug-likeness (QED) is 0.388. The van der Waals surface area contributed by atoms with Gasteiger partial charge >= 0.3 is 0 Å². The Morgan fingerprint density at radius 3 is 2.58 bits per heavy atom. The van der Waals surface area contributed by atoms with Crippen molar-refractivity contribution in [1.82, 2.24) is 19.3 Å². The molecule has 1 aliphatic heterocycles. The molecule has 1 fully saturated rings. The first-order valence-electron chi connectivity index (χ1n) is 11.1. The minimum atomic E-state index is 0.158. The molecule has 33 heavy (non-hydrogen) atoms. The van der Waals surface area contributed by atoms with Gasteiger partial charge < -0.3 is 9.80 Å². The number of rotatable bonds is 3. The highest BCUT2D eigenvalue weighted by Gasteiger charge is 2.19. The predicted octanol–water partition coefficient (Wildman–Crippen LogP) is 4.95. The Kier molecular flexibility index (Phi) is 4.84. The van der Waals surface area contributed by atoms with E-state index in [0.29, 0.717) is 0 Å². The van der Waals surface area contributed by atoms with Crippen molar-refractivity contribution in [2.45, 2.75) is 6.92 Å². The van der Waals surface area contributed by atoms with Crippen LogP contribution in [0.4, 0.5) is 5.69 Å². The van der Waals surface area contributed by atoms with Crippen LogP contribution in [0.15, 0.2) is 72.5 Å². The van der Waals surface area contributed by atoms with Gasteiger partial charge in [0.1, 0.15) is 5.65 Å². The molecule has 1 aliphatic rings. The van der Waals surface area contributed by atoms with E-state index in [9.17, 15) is 4.79 Å². The lowest BCUT2D eigenvalue weighted by Gasteiger charge is -2.35. The number of hydrogen-bond donors (Lipinski definition) is 0. The first-order valence-corrected chi connectivity index (χ1v) is 12.0. The van der Waals surface area contributed by atoms with Crippen molar-refractivity contribution in [3.05, 3.63) is 72.5 Å². The first-order chi connectivity index (χ1) is 16.2. The molecule has 1 saturated heterocycles. The van der Waals surface area contributed by atoms with Gasteiger partial charge in [0.15, 0.2) is 0 Å². The molecule has 0 aliphatic carbocycles. The Morgan fingerprint density at radius 2 is 1.79 bits per heavy atom. The van der Waals surface area contributed by atoms with Gasteiger partial charge in [0.25, 0.3) is 0 Å². The van der Waals surface area contributed by atoms with Crippen molar-refractivity contribution >= 4 is 38.8 Å². The number of pyridine rings is 2. The fourth-order valence-corrected chi connectivity index (χ4v) is 5.46. The average molecular weight is 454 g/mol. The number of carbonyl (C=O) groups excluding carboxylic acids is 1. The molecule has 0 saturated carbocycles. The van der Waals surface area contributed by atoms with Crippen LogP contribution in [-0.2, 0) is 4.79 Å². The fourth-order valence-electron chi connectivity index (χ4n) is 4.55. The van der Waals surface area contributed by atoms with Crippen LogP contribution < -0.4 is 4.90 Å². The second-order valence-electron chi connectivity index (χ2n) is 8.33. The highest BCUT2D eigenvalue weighted by Crippen LogP contribution is 2.33. The second kappa shape index (κ2) is 8.01. The number of hydrogen-bond acceptors (Lipinski definition) is 5. The molecule has 0 atom stereocenters. The summed E-state index contributed by atoms with van der Waals surface area (Å²) in [6.07, 6.45) is 5.86. The predicted molar refractivity (Wildman–Crippen MR) is 134 cm³/mol. The van der Waals surface area contributed by atoms with Gasteiger partial charge in [-0.15, -0.1) is 11.3 Å². The molecule has 0 bridgehead atoms. The summed E-state index contributed by atoms with van der Waals surface area (Å²) in [7, 11) is 0. The summed E-state index contributed by atoms with van der Waals surface area (Å²) in [4.78, 5) is 25.1. The molecule has 4 aromatic heterocycles. The van der Waals surface area contributed by atoms with Crippen LogP contribution in [0.25, 0.3) is 38.2 Å². The number of anilines is 1. The smallest absolute Gasteiger partial charge is 0.219 e. The minimum absolute atomic E-state index is 0.158. The zero-order valence-electron chi connectivity index (χ0n) is 18.3. The molecule has 6 rings (SSSR count). The molecular formula is C26H23N5OS. The summed E-state index contributed by atoms with van der Waals surface area (Å²) >= 11 is 1.71. The lowest BCUT2D eigenvalue weighted by atomic mass is 10.1. The van der Waals surface area contributed by atoms with Crippen LogP contribution in [0.1, 0.15) is 6.92 Å². The Balaban J connectivity index is 1.26. The van der Waals surface area contributed by atoms with Gasteiger partial charge in [0.2, 0.25) is 5.91 Å². The van der Waals surface area contributed by atoms with Gasteiger partial charge in [-0.05, 0) is 47.5 Å². The fraction of sp³-hybridized carbons (Fsp3) is 0.192. The highest BCUT2D eigenvalue weighted by molar-refractivity contribution is 7.17. The van der Waals surface area contributed by atoms with E-state index < -0.39 is 0 Å². The molecule has 1 amide bonds. The molecule has 0 unspecified atom stereocenters. The number of nitrogens with zero attached hydrogens (tertiary/aromatic N) is 5. The number of piperazine rings is 1. The number of benzene rings is 1. The van der Waals surface area contributed by atoms with Crippen molar-refractivity contribution in [1.29, 1.82) is 0 Å². The summed E-state index contributed by atoms with van der Waals surface area (Å²) in [5.74, 6) is 0.158. The highest BCUT2D eigenvalue weighted by atomic mass is 32.1. The molecule has 7 heteroatoms. The van der Waals surface area contributed by atoms with E-state index in [2.05, 4.69) is 73.3 Å². The first kappa shape index (κ1) is 19.9. The summed E-state index contributed by atoms with van der Waals surface area (Å²) in [6, 6.07) is 17.0. The van der Waals surface area contributed by atoms with Crippen LogP contribution in [0.2, 0.25) is 0 Å². The van der Waals surface area contributed by atoms with E-state index in [1.54, 1.807) is 18.3 Å². The minimum Gasteiger partial charge on any atom is -0.368 e. The van der Waals surface area contributed by atoms with Gasteiger partial charge in [-0.3, -0.25) is 14.2 Å². The van der Waals surface area contributed by atoms with E-state index in [4.69, 9.17) is 0 Å². The lowest BCUT2D eigenvalue weighted by molar-refractivity contribution is -0.129. The van der Waals surface area contributed by atoms with Crippen molar-refractivity contribution < 1.29 is 4.79 Å². The third kappa shape index (κ3) is 3.54. The molecule has 5 aromatic rings. The molecular weight excluding hydrogens is 430 g/mol. The van der Waals surface area contributed by atoms with Gasteiger partial charge in [-0.25, -0.2) is 4.98 Å². The van der Waals surface area contributed by atoms with Gasteiger partial charge in [0.05, 0.1) is 22.1 Å². The SMILES string of the molecule is CC(=O)N1CCN(c2ccc(-c3ccn4c(-c5csc6cccnc56)cnc4c3)cc2)CC1. The van der Waals surface area contributed by atoms with E-state index in [-0.39, 0.29) is 5.91 Å². The maximum Gasteiger partial charge on any atom is 0.219 e. The third-order valence-electron chi connectivity index (χ3n) is 6.41. The van der Waals surface area contributed by atoms with Crippen LogP contribution >= 0.6 is 11.3 Å². The lowest BCUT2D eigenvalue weighted by Crippen LogP contribution is -2.48. The van der Waals surface area contributed by atoms with E-state index in [1.165, 1.54) is 10.4 Å². The zero-order chi connectivity index (χ0) is 22.4. The number of imidazole rings is 1. The van der Waals surface area contributed by atoms with Crippen LogP contribution in [0.3, 0.4) is 0 Å². The Hall–Kier alpha value is -3.71. The zero-order valence-corrected chi connectivity index (χ0v) is 19.1. The molecule has 0 spiro atoms. The second-order valence-corrected chi connectivity index (χ2v) is 9.24. The van der Waals surface area contributed by atoms with Crippen molar-refractivity contribution in [2.75, 3.05) is 31.1 Å². The molecule has 6 nitrogen and oxygen atoms in total. The Morgan fingerprint density at radius 1 is 0.970 bits per heavy atom. The van der Waals surface area contributed by atoms with Gasteiger partial charge in [-0.1, -0.05) is 12.1 Å². The summed E-state index contributed by atoms with van der Waals surface area (Å²) in [5, 5.41) is 2.16. The van der Waals surface area contributed by atoms with Gasteiger partial charge in [-0.2, -0.15) is 0 Å². The summed E-state index contributed by atoms with van der Waals surface area (Å²) in [6.45, 7) is 4.95. The monoisotopic (exact) mass is 453 g/mol. The molecule has 5 heterocycles. The largest absolute Gasteiger partial charge is 0.368 e. The Bertz CT molecular complexity index is 1460. The van der Waals surface area contributed by atoms with Crippen LogP contribution in [0, 0.1) is 0 Å². The maximum absolute atomic E-state index is 11.6. The van der Waals surface area contributed by atoms with Crippen molar-refractivity contribution in [3.63, 3.8) is 0 Å². The standard InChI is InChI=1S/C26H23N5OS/c1-18(32)29-11-13-30(14-12-29)21-6-4-19(5-7-21)20-8-10-31-23(16-28-25(31)15-20)22-17-33-24-3-2-9-27-26(22)24/h2-10,15-17H,11-14H2,1H3. The van der Waals surface area contributed by atoms with E-state index in [0.717, 1.165) is 59.7 Å². The number of carbonyl (C=O) groups is 1. The van der Waals surface area contributed by atoms with E-state index in [1.807, 2.05) is 23.4 Å². The van der Waals surface area contributed by atoms with E-state index >= 15 is 0 Å². The molecule has 0 N–H and O–H groups in total. The van der Waals surface area contributed by atoms with Crippen LogP contribution in [-0.4, -0.2) is 51.4 Å². The maximum atomic E-state index is 11.6. The average Bonchev–Trinajstić information content (AvgIpc) is 3.47. The number of amides is 1. The third-order valence-corrected chi connectivity index (χ3v) is 7.35. The summed E-state index contributed by atoms with van der Waals surface area (Å²) in [5.41, 5.74) is 7.61. The molecule has 1 aromatic carbocycles. The van der Waals surface area contributed by atoms with Crippen LogP contribution in [0.5, 0.6) is 0 Å². The van der Waals surface area contributed by atoms with Crippen molar-refractivity contribution in [3.8, 4) is 22.4 Å². The van der Waals surface area contributed by atoms with Crippen molar-refractivity contribution in [2.24, 2.45) is 0 Å². The summed E-state index contributed by atoms with van der Waals surface area (Å²) < 4.78 is 3.31.